The van der Waals surface area contributed by atoms with E-state index in [9.17, 15) is 0 Å². The number of aryl methyl sites for hydroxylation is 3. The van der Waals surface area contributed by atoms with Crippen LogP contribution in [0.5, 0.6) is 5.75 Å². The first kappa shape index (κ1) is 20.0. The molecule has 3 aromatic rings. The zero-order chi connectivity index (χ0) is 20.3. The fourth-order valence-electron chi connectivity index (χ4n) is 3.16. The minimum atomic E-state index is -0.0116. The van der Waals surface area contributed by atoms with Crippen molar-refractivity contribution >= 4 is 0 Å². The summed E-state index contributed by atoms with van der Waals surface area (Å²) in [6, 6.07) is 7.96. The van der Waals surface area contributed by atoms with Crippen LogP contribution in [0.3, 0.4) is 0 Å². The Morgan fingerprint density at radius 1 is 1.07 bits per heavy atom. The summed E-state index contributed by atoms with van der Waals surface area (Å²) in [7, 11) is 0. The molecule has 0 fully saturated rings. The van der Waals surface area contributed by atoms with Gasteiger partial charge in [-0.2, -0.15) is 4.98 Å². The van der Waals surface area contributed by atoms with Gasteiger partial charge in [-0.05, 0) is 61.6 Å². The van der Waals surface area contributed by atoms with Crippen LogP contribution in [0.15, 0.2) is 28.8 Å². The summed E-state index contributed by atoms with van der Waals surface area (Å²) in [5, 5.41) is 13.2. The quantitative estimate of drug-likeness (QED) is 0.650. The minimum Gasteiger partial charge on any atom is -0.491 e. The van der Waals surface area contributed by atoms with Gasteiger partial charge in [0.1, 0.15) is 12.4 Å². The Morgan fingerprint density at radius 3 is 2.54 bits per heavy atom. The molecular weight excluding hydrogens is 354 g/mol. The van der Waals surface area contributed by atoms with Gasteiger partial charge in [-0.15, -0.1) is 0 Å². The topological polar surface area (TPSA) is 81.3 Å². The van der Waals surface area contributed by atoms with Gasteiger partial charge in [0.2, 0.25) is 5.82 Å². The fraction of sp³-hybridized carbons (Fsp3) is 0.409. The van der Waals surface area contributed by atoms with E-state index >= 15 is 0 Å². The van der Waals surface area contributed by atoms with Crippen LogP contribution >= 0.6 is 0 Å². The van der Waals surface area contributed by atoms with Gasteiger partial charge in [0.05, 0.1) is 6.61 Å². The molecule has 6 nitrogen and oxygen atoms in total. The van der Waals surface area contributed by atoms with Gasteiger partial charge in [0, 0.05) is 22.5 Å². The largest absolute Gasteiger partial charge is 0.491 e. The summed E-state index contributed by atoms with van der Waals surface area (Å²) in [4.78, 5) is 9.18. The molecule has 2 heterocycles. The van der Waals surface area contributed by atoms with E-state index in [-0.39, 0.29) is 13.2 Å². The summed E-state index contributed by atoms with van der Waals surface area (Å²) in [6.07, 6.45) is 0.807. The summed E-state index contributed by atoms with van der Waals surface area (Å²) in [5.41, 5.74) is 5.73. The van der Waals surface area contributed by atoms with Gasteiger partial charge < -0.3 is 14.4 Å². The maximum Gasteiger partial charge on any atom is 0.258 e. The van der Waals surface area contributed by atoms with Gasteiger partial charge in [0.25, 0.3) is 5.89 Å². The number of ether oxygens (including phenoxy) is 1. The molecule has 0 atom stereocenters. The highest BCUT2D eigenvalue weighted by molar-refractivity contribution is 5.64. The van der Waals surface area contributed by atoms with E-state index in [4.69, 9.17) is 14.4 Å². The van der Waals surface area contributed by atoms with E-state index < -0.39 is 0 Å². The van der Waals surface area contributed by atoms with Gasteiger partial charge in [-0.3, -0.25) is 4.98 Å². The number of aliphatic hydroxyl groups is 1. The fourth-order valence-corrected chi connectivity index (χ4v) is 3.16. The first-order valence-electron chi connectivity index (χ1n) is 9.63. The molecule has 0 bridgehead atoms. The van der Waals surface area contributed by atoms with E-state index in [2.05, 4.69) is 35.9 Å². The molecular formula is C22H27N3O3. The van der Waals surface area contributed by atoms with Gasteiger partial charge in [0.15, 0.2) is 0 Å². The van der Waals surface area contributed by atoms with Crippen molar-refractivity contribution in [2.24, 2.45) is 0 Å². The van der Waals surface area contributed by atoms with Crippen LogP contribution in [-0.4, -0.2) is 33.4 Å². The molecule has 0 unspecified atom stereocenters. The molecule has 0 saturated carbocycles. The zero-order valence-corrected chi connectivity index (χ0v) is 17.1. The molecule has 6 heteroatoms. The van der Waals surface area contributed by atoms with Crippen LogP contribution in [-0.2, 0) is 6.42 Å². The van der Waals surface area contributed by atoms with Crippen molar-refractivity contribution in [1.29, 1.82) is 0 Å². The Hall–Kier alpha value is -2.73. The molecule has 1 aromatic carbocycles. The van der Waals surface area contributed by atoms with Crippen molar-refractivity contribution in [3.63, 3.8) is 0 Å². The molecule has 0 radical (unpaired) electrons. The first-order valence-corrected chi connectivity index (χ1v) is 9.63. The predicted molar refractivity (Wildman–Crippen MR) is 108 cm³/mol. The summed E-state index contributed by atoms with van der Waals surface area (Å²) in [5.74, 6) is 2.17. The van der Waals surface area contributed by atoms with Crippen molar-refractivity contribution in [2.45, 2.75) is 47.0 Å². The van der Waals surface area contributed by atoms with Crippen LogP contribution in [0, 0.1) is 13.8 Å². The number of pyridine rings is 1. The maximum absolute atomic E-state index is 9.04. The maximum atomic E-state index is 9.04. The Labute approximate surface area is 165 Å². The number of benzene rings is 1. The predicted octanol–water partition coefficient (Wildman–Crippen LogP) is 4.47. The number of aromatic nitrogens is 3. The number of rotatable bonds is 7. The number of nitrogens with zero attached hydrogens (tertiary/aromatic N) is 3. The van der Waals surface area contributed by atoms with E-state index in [1.165, 1.54) is 0 Å². The van der Waals surface area contributed by atoms with Crippen molar-refractivity contribution in [3.05, 3.63) is 46.8 Å². The average Bonchev–Trinajstić information content (AvgIpc) is 3.16. The molecule has 0 aliphatic carbocycles. The van der Waals surface area contributed by atoms with Crippen LogP contribution in [0.4, 0.5) is 0 Å². The summed E-state index contributed by atoms with van der Waals surface area (Å²) < 4.78 is 11.3. The second-order valence-electron chi connectivity index (χ2n) is 7.21. The highest BCUT2D eigenvalue weighted by Crippen LogP contribution is 2.31. The monoisotopic (exact) mass is 381 g/mol. The van der Waals surface area contributed by atoms with Crippen molar-refractivity contribution in [3.8, 4) is 28.6 Å². The molecule has 0 saturated heterocycles. The molecule has 3 rings (SSSR count). The Kier molecular flexibility index (Phi) is 6.09. The van der Waals surface area contributed by atoms with Gasteiger partial charge in [-0.1, -0.05) is 25.9 Å². The van der Waals surface area contributed by atoms with E-state index in [0.717, 1.165) is 45.8 Å². The molecule has 28 heavy (non-hydrogen) atoms. The van der Waals surface area contributed by atoms with E-state index in [0.29, 0.717) is 17.6 Å². The number of hydrogen-bond donors (Lipinski definition) is 1. The van der Waals surface area contributed by atoms with Crippen LogP contribution in [0.2, 0.25) is 0 Å². The highest BCUT2D eigenvalue weighted by Gasteiger charge is 2.16. The second-order valence-corrected chi connectivity index (χ2v) is 7.21. The zero-order valence-electron chi connectivity index (χ0n) is 17.1. The third-order valence-electron chi connectivity index (χ3n) is 4.57. The van der Waals surface area contributed by atoms with E-state index in [1.54, 1.807) is 0 Å². The average molecular weight is 381 g/mol. The summed E-state index contributed by atoms with van der Waals surface area (Å²) >= 11 is 0. The molecule has 2 aromatic heterocycles. The van der Waals surface area contributed by atoms with Crippen molar-refractivity contribution in [1.82, 2.24) is 15.1 Å². The second kappa shape index (κ2) is 8.52. The first-order chi connectivity index (χ1) is 13.4. The lowest BCUT2D eigenvalue weighted by molar-refractivity contribution is 0.199. The molecule has 0 aliphatic heterocycles. The lowest BCUT2D eigenvalue weighted by Crippen LogP contribution is -2.05. The Morgan fingerprint density at radius 2 is 1.86 bits per heavy atom. The molecule has 0 spiro atoms. The van der Waals surface area contributed by atoms with E-state index in [1.807, 2.05) is 38.1 Å². The Balaban J connectivity index is 1.97. The SMILES string of the molecule is CCc1cc(-c2noc(-c3cc(C)nc(C(C)C)c3)n2)cc(C)c1OCCO. The van der Waals surface area contributed by atoms with Gasteiger partial charge >= 0.3 is 0 Å². The minimum absolute atomic E-state index is 0.0116. The molecule has 0 amide bonds. The summed E-state index contributed by atoms with van der Waals surface area (Å²) in [6.45, 7) is 10.5. The standard InChI is InChI=1S/C22H27N3O3/c1-6-16-11-17(9-14(4)20(16)27-8-7-26)21-24-22(28-25-21)18-10-15(5)23-19(12-18)13(2)3/h9-13,26H,6-8H2,1-5H3. The van der Waals surface area contributed by atoms with Crippen molar-refractivity contribution in [2.75, 3.05) is 13.2 Å². The van der Waals surface area contributed by atoms with Gasteiger partial charge in [-0.25, -0.2) is 0 Å². The number of hydrogen-bond acceptors (Lipinski definition) is 6. The molecule has 148 valence electrons. The Bertz CT molecular complexity index is 964. The third-order valence-corrected chi connectivity index (χ3v) is 4.57. The number of aliphatic hydroxyl groups excluding tert-OH is 1. The van der Waals surface area contributed by atoms with Crippen molar-refractivity contribution < 1.29 is 14.4 Å². The van der Waals surface area contributed by atoms with Crippen LogP contribution in [0.25, 0.3) is 22.8 Å². The molecule has 1 N–H and O–H groups in total. The smallest absolute Gasteiger partial charge is 0.258 e. The van der Waals surface area contributed by atoms with Crippen LogP contribution < -0.4 is 4.74 Å². The third kappa shape index (κ3) is 4.22. The molecule has 0 aliphatic rings. The normalized spacial score (nSPS) is 11.2. The lowest BCUT2D eigenvalue weighted by atomic mass is 10.0. The highest BCUT2D eigenvalue weighted by atomic mass is 16.5. The van der Waals surface area contributed by atoms with Crippen LogP contribution in [0.1, 0.15) is 49.2 Å². The lowest BCUT2D eigenvalue weighted by Gasteiger charge is -2.13.